The number of rotatable bonds is 3. The maximum atomic E-state index is 12.6. The van der Waals surface area contributed by atoms with Crippen molar-refractivity contribution in [1.29, 1.82) is 0 Å². The van der Waals surface area contributed by atoms with Gasteiger partial charge in [0, 0.05) is 30.6 Å². The van der Waals surface area contributed by atoms with Gasteiger partial charge in [-0.25, -0.2) is 0 Å². The Labute approximate surface area is 138 Å². The van der Waals surface area contributed by atoms with E-state index in [1.807, 2.05) is 6.92 Å². The van der Waals surface area contributed by atoms with Gasteiger partial charge in [0.2, 0.25) is 5.91 Å². The quantitative estimate of drug-likeness (QED) is 0.847. The van der Waals surface area contributed by atoms with Crippen LogP contribution in [0, 0.1) is 0 Å². The number of alkyl halides is 3. The van der Waals surface area contributed by atoms with Crippen LogP contribution in [0.2, 0.25) is 0 Å². The number of benzene rings is 1. The van der Waals surface area contributed by atoms with Crippen LogP contribution in [0.4, 0.5) is 13.2 Å². The Balaban J connectivity index is 0.00000242. The van der Waals surface area contributed by atoms with Gasteiger partial charge in [-0.3, -0.25) is 4.79 Å². The molecular formula is C14H18ClF3N2OS. The molecule has 1 saturated heterocycles. The largest absolute Gasteiger partial charge is 0.416 e. The zero-order chi connectivity index (χ0) is 15.5. The monoisotopic (exact) mass is 354 g/mol. The highest BCUT2D eigenvalue weighted by Crippen LogP contribution is 2.31. The fourth-order valence-electron chi connectivity index (χ4n) is 2.20. The molecule has 3 nitrogen and oxygen atoms in total. The van der Waals surface area contributed by atoms with Crippen LogP contribution in [0.1, 0.15) is 12.5 Å². The third kappa shape index (κ3) is 5.07. The molecular weight excluding hydrogens is 337 g/mol. The zero-order valence-corrected chi connectivity index (χ0v) is 13.7. The van der Waals surface area contributed by atoms with Gasteiger partial charge >= 0.3 is 6.18 Å². The molecule has 22 heavy (non-hydrogen) atoms. The molecule has 1 aliphatic heterocycles. The van der Waals surface area contributed by atoms with Crippen LogP contribution in [0.25, 0.3) is 0 Å². The highest BCUT2D eigenvalue weighted by atomic mass is 35.5. The number of nitrogens with one attached hydrogen (secondary N) is 1. The third-order valence-corrected chi connectivity index (χ3v) is 4.32. The van der Waals surface area contributed by atoms with Gasteiger partial charge in [0.15, 0.2) is 0 Å². The number of nitrogens with zero attached hydrogens (tertiary/aromatic N) is 1. The minimum absolute atomic E-state index is 0. The van der Waals surface area contributed by atoms with E-state index in [1.54, 1.807) is 11.0 Å². The Morgan fingerprint density at radius 2 is 2.18 bits per heavy atom. The van der Waals surface area contributed by atoms with Crippen LogP contribution in [0.3, 0.4) is 0 Å². The van der Waals surface area contributed by atoms with E-state index in [0.29, 0.717) is 11.4 Å². The lowest BCUT2D eigenvalue weighted by atomic mass is 10.2. The second kappa shape index (κ2) is 8.08. The van der Waals surface area contributed by atoms with Crippen molar-refractivity contribution in [2.75, 3.05) is 25.4 Å². The average Bonchev–Trinajstić information content (AvgIpc) is 2.45. The van der Waals surface area contributed by atoms with Crippen molar-refractivity contribution in [1.82, 2.24) is 10.2 Å². The van der Waals surface area contributed by atoms with E-state index in [9.17, 15) is 18.0 Å². The van der Waals surface area contributed by atoms with E-state index < -0.39 is 11.7 Å². The molecule has 1 N–H and O–H groups in total. The van der Waals surface area contributed by atoms with Gasteiger partial charge < -0.3 is 10.2 Å². The van der Waals surface area contributed by atoms with Crippen LogP contribution in [-0.4, -0.2) is 42.2 Å². The molecule has 0 bridgehead atoms. The lowest BCUT2D eigenvalue weighted by molar-refractivity contribution is -0.137. The lowest BCUT2D eigenvalue weighted by Crippen LogP contribution is -2.52. The predicted octanol–water partition coefficient (Wildman–Crippen LogP) is 3.04. The molecule has 1 aromatic rings. The first-order valence-corrected chi connectivity index (χ1v) is 7.67. The molecule has 1 aliphatic rings. The van der Waals surface area contributed by atoms with E-state index in [4.69, 9.17) is 0 Å². The molecule has 0 saturated carbocycles. The normalized spacial score (nSPS) is 18.7. The van der Waals surface area contributed by atoms with Gasteiger partial charge in [0.1, 0.15) is 0 Å². The minimum atomic E-state index is -4.35. The first-order valence-electron chi connectivity index (χ1n) is 6.68. The second-order valence-electron chi connectivity index (χ2n) is 4.95. The molecule has 124 valence electrons. The van der Waals surface area contributed by atoms with Crippen molar-refractivity contribution in [3.05, 3.63) is 29.8 Å². The molecule has 1 heterocycles. The Morgan fingerprint density at radius 1 is 1.45 bits per heavy atom. The van der Waals surface area contributed by atoms with E-state index in [1.165, 1.54) is 6.07 Å². The van der Waals surface area contributed by atoms with Gasteiger partial charge in [0.25, 0.3) is 0 Å². The van der Waals surface area contributed by atoms with Crippen molar-refractivity contribution < 1.29 is 18.0 Å². The number of carbonyl (C=O) groups excluding carboxylic acids is 1. The minimum Gasteiger partial charge on any atom is -0.337 e. The fourth-order valence-corrected chi connectivity index (χ4v) is 3.04. The Morgan fingerprint density at radius 3 is 2.82 bits per heavy atom. The zero-order valence-electron chi connectivity index (χ0n) is 12.0. The summed E-state index contributed by atoms with van der Waals surface area (Å²) >= 11 is 1.14. The molecule has 0 aliphatic carbocycles. The Kier molecular flexibility index (Phi) is 7.02. The smallest absolute Gasteiger partial charge is 0.337 e. The summed E-state index contributed by atoms with van der Waals surface area (Å²) in [6.45, 7) is 4.10. The summed E-state index contributed by atoms with van der Waals surface area (Å²) in [5.41, 5.74) is -0.685. The van der Waals surface area contributed by atoms with Gasteiger partial charge in [-0.1, -0.05) is 6.07 Å². The number of amides is 1. The van der Waals surface area contributed by atoms with Gasteiger partial charge in [-0.05, 0) is 25.1 Å². The molecule has 1 unspecified atom stereocenters. The Bertz CT molecular complexity index is 513. The summed E-state index contributed by atoms with van der Waals surface area (Å²) < 4.78 is 37.9. The SMILES string of the molecule is CC1CNCCN1C(=O)CSc1cccc(C(F)(F)F)c1.Cl. The first kappa shape index (κ1) is 19.1. The van der Waals surface area contributed by atoms with Crippen LogP contribution >= 0.6 is 24.2 Å². The molecule has 1 amide bonds. The predicted molar refractivity (Wildman–Crippen MR) is 83.5 cm³/mol. The number of hydrogen-bond acceptors (Lipinski definition) is 3. The standard InChI is InChI=1S/C14H17F3N2OS.ClH/c1-10-8-18-5-6-19(10)13(20)9-21-12-4-2-3-11(7-12)14(15,16)17;/h2-4,7,10,18H,5-6,8-9H2,1H3;1H. The number of piperazine rings is 1. The maximum Gasteiger partial charge on any atom is 0.416 e. The maximum absolute atomic E-state index is 12.6. The lowest BCUT2D eigenvalue weighted by Gasteiger charge is -2.34. The van der Waals surface area contributed by atoms with Crippen LogP contribution in [-0.2, 0) is 11.0 Å². The molecule has 2 rings (SSSR count). The third-order valence-electron chi connectivity index (χ3n) is 3.35. The van der Waals surface area contributed by atoms with Crippen molar-refractivity contribution >= 4 is 30.1 Å². The van der Waals surface area contributed by atoms with Crippen LogP contribution < -0.4 is 5.32 Å². The summed E-state index contributed by atoms with van der Waals surface area (Å²) in [6.07, 6.45) is -4.35. The number of thioether (sulfide) groups is 1. The summed E-state index contributed by atoms with van der Waals surface area (Å²) in [7, 11) is 0. The highest BCUT2D eigenvalue weighted by Gasteiger charge is 2.30. The van der Waals surface area contributed by atoms with Crippen molar-refractivity contribution in [3.8, 4) is 0 Å². The van der Waals surface area contributed by atoms with E-state index in [0.717, 1.165) is 37.0 Å². The van der Waals surface area contributed by atoms with Gasteiger partial charge in [0.05, 0.1) is 11.3 Å². The van der Waals surface area contributed by atoms with Gasteiger partial charge in [-0.15, -0.1) is 24.2 Å². The van der Waals surface area contributed by atoms with E-state index in [2.05, 4.69) is 5.32 Å². The van der Waals surface area contributed by atoms with E-state index in [-0.39, 0.29) is 30.1 Å². The number of carbonyl (C=O) groups is 1. The topological polar surface area (TPSA) is 32.3 Å². The molecule has 1 atom stereocenters. The Hall–Kier alpha value is -0.920. The average molecular weight is 355 g/mol. The number of halogens is 4. The molecule has 0 radical (unpaired) electrons. The molecule has 0 aromatic heterocycles. The summed E-state index contributed by atoms with van der Waals surface area (Å²) in [5, 5.41) is 3.19. The molecule has 0 spiro atoms. The van der Waals surface area contributed by atoms with Crippen molar-refractivity contribution in [2.45, 2.75) is 24.0 Å². The van der Waals surface area contributed by atoms with Crippen LogP contribution in [0.15, 0.2) is 29.2 Å². The highest BCUT2D eigenvalue weighted by molar-refractivity contribution is 8.00. The van der Waals surface area contributed by atoms with E-state index >= 15 is 0 Å². The van der Waals surface area contributed by atoms with Crippen LogP contribution in [0.5, 0.6) is 0 Å². The fraction of sp³-hybridized carbons (Fsp3) is 0.500. The summed E-state index contributed by atoms with van der Waals surface area (Å²) in [4.78, 5) is 14.4. The molecule has 8 heteroatoms. The first-order chi connectivity index (χ1) is 9.88. The second-order valence-corrected chi connectivity index (χ2v) is 6.00. The molecule has 1 fully saturated rings. The number of hydrogen-bond donors (Lipinski definition) is 1. The van der Waals surface area contributed by atoms with Gasteiger partial charge in [-0.2, -0.15) is 13.2 Å². The van der Waals surface area contributed by atoms with Crippen molar-refractivity contribution in [2.24, 2.45) is 0 Å². The molecule has 1 aromatic carbocycles. The van der Waals surface area contributed by atoms with Crippen molar-refractivity contribution in [3.63, 3.8) is 0 Å². The summed E-state index contributed by atoms with van der Waals surface area (Å²) in [5.74, 6) is 0.123. The summed E-state index contributed by atoms with van der Waals surface area (Å²) in [6, 6.07) is 5.19.